The minimum absolute atomic E-state index is 0.424. The summed E-state index contributed by atoms with van der Waals surface area (Å²) in [5.74, 6) is -0.484. The first-order valence-electron chi connectivity index (χ1n) is 5.35. The van der Waals surface area contributed by atoms with E-state index < -0.39 is 5.91 Å². The van der Waals surface area contributed by atoms with E-state index in [4.69, 9.17) is 15.4 Å². The van der Waals surface area contributed by atoms with Gasteiger partial charge in [-0.05, 0) is 36.4 Å². The van der Waals surface area contributed by atoms with Gasteiger partial charge in [0.2, 0.25) is 5.91 Å². The summed E-state index contributed by atoms with van der Waals surface area (Å²) in [6.07, 6.45) is 0. The number of nitriles is 1. The molecule has 0 spiro atoms. The van der Waals surface area contributed by atoms with E-state index in [1.807, 2.05) is 0 Å². The molecule has 3 aromatic rings. The Kier molecular flexibility index (Phi) is 2.07. The minimum atomic E-state index is -0.484. The normalized spacial score (nSPS) is 10.6. The molecule has 2 aromatic carbocycles. The fourth-order valence-corrected chi connectivity index (χ4v) is 2.00. The third-order valence-corrected chi connectivity index (χ3v) is 2.88. The number of primary amides is 1. The number of benzene rings is 2. The van der Waals surface area contributed by atoms with Crippen LogP contribution in [0.4, 0.5) is 0 Å². The first kappa shape index (κ1) is 10.4. The molecule has 0 aliphatic rings. The summed E-state index contributed by atoms with van der Waals surface area (Å²) in [5, 5.41) is 10.5. The first-order valence-corrected chi connectivity index (χ1v) is 5.35. The van der Waals surface area contributed by atoms with Gasteiger partial charge in [-0.25, -0.2) is 0 Å². The van der Waals surface area contributed by atoms with Crippen LogP contribution in [0.3, 0.4) is 0 Å². The monoisotopic (exact) mass is 236 g/mol. The van der Waals surface area contributed by atoms with Crippen LogP contribution in [-0.4, -0.2) is 5.91 Å². The maximum atomic E-state index is 11.2. The van der Waals surface area contributed by atoms with Crippen molar-refractivity contribution in [2.45, 2.75) is 0 Å². The van der Waals surface area contributed by atoms with Gasteiger partial charge in [-0.2, -0.15) is 5.26 Å². The molecule has 0 atom stereocenters. The van der Waals surface area contributed by atoms with Gasteiger partial charge in [-0.15, -0.1) is 0 Å². The highest BCUT2D eigenvalue weighted by molar-refractivity contribution is 6.08. The maximum absolute atomic E-state index is 11.2. The van der Waals surface area contributed by atoms with Crippen molar-refractivity contribution >= 4 is 27.8 Å². The fraction of sp³-hybridized carbons (Fsp3) is 0. The van der Waals surface area contributed by atoms with Crippen LogP contribution in [0, 0.1) is 11.3 Å². The quantitative estimate of drug-likeness (QED) is 0.705. The van der Waals surface area contributed by atoms with Crippen molar-refractivity contribution in [1.29, 1.82) is 5.26 Å². The molecule has 18 heavy (non-hydrogen) atoms. The summed E-state index contributed by atoms with van der Waals surface area (Å²) in [5.41, 5.74) is 7.58. The van der Waals surface area contributed by atoms with E-state index in [0.717, 1.165) is 10.8 Å². The Balaban J connectivity index is 2.42. The molecule has 0 saturated carbocycles. The molecule has 0 bridgehead atoms. The lowest BCUT2D eigenvalue weighted by Crippen LogP contribution is -2.10. The highest BCUT2D eigenvalue weighted by Crippen LogP contribution is 2.29. The average Bonchev–Trinajstić information content (AvgIpc) is 2.75. The molecule has 86 valence electrons. The van der Waals surface area contributed by atoms with Gasteiger partial charge >= 0.3 is 0 Å². The lowest BCUT2D eigenvalue weighted by atomic mass is 10.1. The van der Waals surface area contributed by atoms with E-state index >= 15 is 0 Å². The lowest BCUT2D eigenvalue weighted by molar-refractivity contribution is 0.100. The van der Waals surface area contributed by atoms with Gasteiger partial charge in [0, 0.05) is 16.3 Å². The van der Waals surface area contributed by atoms with Crippen LogP contribution in [0.15, 0.2) is 40.8 Å². The van der Waals surface area contributed by atoms with Crippen molar-refractivity contribution in [1.82, 2.24) is 0 Å². The Hall–Kier alpha value is -2.80. The molecule has 0 fully saturated rings. The molecule has 1 amide bonds. The largest absolute Gasteiger partial charge is 0.456 e. The molecule has 0 aliphatic carbocycles. The Bertz CT molecular complexity index is 825. The number of furan rings is 1. The molecule has 2 N–H and O–H groups in total. The second-order valence-corrected chi connectivity index (χ2v) is 4.00. The number of nitrogens with zero attached hydrogens (tertiary/aromatic N) is 1. The minimum Gasteiger partial charge on any atom is -0.456 e. The number of rotatable bonds is 1. The van der Waals surface area contributed by atoms with Crippen LogP contribution in [-0.2, 0) is 0 Å². The molecule has 4 heteroatoms. The van der Waals surface area contributed by atoms with Crippen LogP contribution in [0.25, 0.3) is 21.9 Å². The highest BCUT2D eigenvalue weighted by atomic mass is 16.3. The van der Waals surface area contributed by atoms with Crippen molar-refractivity contribution in [2.75, 3.05) is 0 Å². The highest BCUT2D eigenvalue weighted by Gasteiger charge is 2.10. The third kappa shape index (κ3) is 1.42. The molecule has 1 heterocycles. The molecule has 1 aromatic heterocycles. The van der Waals surface area contributed by atoms with E-state index in [2.05, 4.69) is 6.07 Å². The standard InChI is InChI=1S/C14H8N2O2/c15-7-8-1-3-12-10(5-8)11-6-9(14(16)17)2-4-13(11)18-12/h1-6H,(H2,16,17). The summed E-state index contributed by atoms with van der Waals surface area (Å²) >= 11 is 0. The topological polar surface area (TPSA) is 80.0 Å². The predicted octanol–water partition coefficient (Wildman–Crippen LogP) is 2.56. The van der Waals surface area contributed by atoms with Crippen molar-refractivity contribution in [3.8, 4) is 6.07 Å². The zero-order valence-electron chi connectivity index (χ0n) is 9.31. The van der Waals surface area contributed by atoms with E-state index in [1.165, 1.54) is 0 Å². The fourth-order valence-electron chi connectivity index (χ4n) is 2.00. The van der Waals surface area contributed by atoms with Gasteiger partial charge in [-0.1, -0.05) is 0 Å². The zero-order valence-corrected chi connectivity index (χ0v) is 9.31. The maximum Gasteiger partial charge on any atom is 0.248 e. The van der Waals surface area contributed by atoms with Crippen molar-refractivity contribution in [3.05, 3.63) is 47.5 Å². The molecule has 3 rings (SSSR count). The number of nitrogens with two attached hydrogens (primary N) is 1. The number of hydrogen-bond acceptors (Lipinski definition) is 3. The van der Waals surface area contributed by atoms with Gasteiger partial charge in [0.05, 0.1) is 11.6 Å². The van der Waals surface area contributed by atoms with Crippen molar-refractivity contribution in [2.24, 2.45) is 5.73 Å². The number of hydrogen-bond donors (Lipinski definition) is 1. The van der Waals surface area contributed by atoms with Crippen LogP contribution in [0.5, 0.6) is 0 Å². The average molecular weight is 236 g/mol. The Morgan fingerprint density at radius 1 is 1.11 bits per heavy atom. The molecular formula is C14H8N2O2. The van der Waals surface area contributed by atoms with Gasteiger partial charge in [0.15, 0.2) is 0 Å². The SMILES string of the molecule is N#Cc1ccc2oc3ccc(C(N)=O)cc3c2c1. The van der Waals surface area contributed by atoms with E-state index in [1.54, 1.807) is 36.4 Å². The van der Waals surface area contributed by atoms with E-state index in [0.29, 0.717) is 22.3 Å². The van der Waals surface area contributed by atoms with Gasteiger partial charge < -0.3 is 10.2 Å². The molecule has 4 nitrogen and oxygen atoms in total. The van der Waals surface area contributed by atoms with Crippen LogP contribution >= 0.6 is 0 Å². The Morgan fingerprint density at radius 3 is 2.44 bits per heavy atom. The molecular weight excluding hydrogens is 228 g/mol. The van der Waals surface area contributed by atoms with E-state index in [-0.39, 0.29) is 0 Å². The Labute approximate surface area is 102 Å². The summed E-state index contributed by atoms with van der Waals surface area (Å²) in [6.45, 7) is 0. The Morgan fingerprint density at radius 2 is 1.78 bits per heavy atom. The third-order valence-electron chi connectivity index (χ3n) is 2.88. The number of fused-ring (bicyclic) bond motifs is 3. The smallest absolute Gasteiger partial charge is 0.248 e. The van der Waals surface area contributed by atoms with Gasteiger partial charge in [0.1, 0.15) is 11.2 Å². The summed E-state index contributed by atoms with van der Waals surface area (Å²) in [4.78, 5) is 11.2. The summed E-state index contributed by atoms with van der Waals surface area (Å²) in [6, 6.07) is 12.3. The lowest BCUT2D eigenvalue weighted by Gasteiger charge is -1.94. The van der Waals surface area contributed by atoms with Crippen LogP contribution in [0.1, 0.15) is 15.9 Å². The van der Waals surface area contributed by atoms with Gasteiger partial charge in [-0.3, -0.25) is 4.79 Å². The zero-order chi connectivity index (χ0) is 12.7. The van der Waals surface area contributed by atoms with Gasteiger partial charge in [0.25, 0.3) is 0 Å². The van der Waals surface area contributed by atoms with E-state index in [9.17, 15) is 4.79 Å². The molecule has 0 aliphatic heterocycles. The number of carbonyl (C=O) groups excluding carboxylic acids is 1. The predicted molar refractivity (Wildman–Crippen MR) is 67.0 cm³/mol. The molecule has 0 unspecified atom stereocenters. The van der Waals surface area contributed by atoms with Crippen molar-refractivity contribution < 1.29 is 9.21 Å². The molecule has 0 radical (unpaired) electrons. The molecule has 0 saturated heterocycles. The second-order valence-electron chi connectivity index (χ2n) is 4.00. The second kappa shape index (κ2) is 3.60. The van der Waals surface area contributed by atoms with Crippen molar-refractivity contribution in [3.63, 3.8) is 0 Å². The number of amides is 1. The summed E-state index contributed by atoms with van der Waals surface area (Å²) in [7, 11) is 0. The van der Waals surface area contributed by atoms with Crippen LogP contribution in [0.2, 0.25) is 0 Å². The van der Waals surface area contributed by atoms with Crippen LogP contribution < -0.4 is 5.73 Å². The number of carbonyl (C=O) groups is 1. The first-order chi connectivity index (χ1) is 8.69. The summed E-state index contributed by atoms with van der Waals surface area (Å²) < 4.78 is 5.63.